The molecule has 2 nitrogen and oxygen atoms in total. The zero-order valence-electron chi connectivity index (χ0n) is 15.6. The fraction of sp³-hybridized carbons (Fsp3) is 0.850. The van der Waals surface area contributed by atoms with E-state index in [1.807, 2.05) is 0 Å². The van der Waals surface area contributed by atoms with Gasteiger partial charge in [0.05, 0.1) is 0 Å². The molecule has 0 saturated heterocycles. The first-order valence-electron chi connectivity index (χ1n) is 9.41. The zero-order chi connectivity index (χ0) is 17.0. The smallest absolute Gasteiger partial charge is 0.331 e. The topological polar surface area (TPSA) is 37.3 Å². The first-order valence-corrected chi connectivity index (χ1v) is 9.41. The van der Waals surface area contributed by atoms with Crippen LogP contribution in [0.2, 0.25) is 0 Å². The average molecular weight is 311 g/mol. The molecule has 2 atom stereocenters. The van der Waals surface area contributed by atoms with Crippen LogP contribution in [0.1, 0.15) is 98.8 Å². The van der Waals surface area contributed by atoms with Gasteiger partial charge in [0.1, 0.15) is 0 Å². The predicted octanol–water partition coefficient (Wildman–Crippen LogP) is 6.60. The highest BCUT2D eigenvalue weighted by Crippen LogP contribution is 2.30. The van der Waals surface area contributed by atoms with Crippen LogP contribution >= 0.6 is 0 Å². The van der Waals surface area contributed by atoms with Gasteiger partial charge in [0.15, 0.2) is 0 Å². The highest BCUT2D eigenvalue weighted by Gasteiger charge is 2.18. The highest BCUT2D eigenvalue weighted by molar-refractivity contribution is 5.86. The van der Waals surface area contributed by atoms with Crippen molar-refractivity contribution in [1.82, 2.24) is 0 Å². The lowest BCUT2D eigenvalue weighted by molar-refractivity contribution is -0.132. The lowest BCUT2D eigenvalue weighted by Gasteiger charge is -2.22. The Morgan fingerprint density at radius 3 is 1.55 bits per heavy atom. The molecule has 0 heterocycles. The van der Waals surface area contributed by atoms with E-state index in [1.54, 1.807) is 6.92 Å². The molecule has 22 heavy (non-hydrogen) atoms. The van der Waals surface area contributed by atoms with Crippen molar-refractivity contribution in [3.05, 3.63) is 11.1 Å². The van der Waals surface area contributed by atoms with Gasteiger partial charge in [-0.3, -0.25) is 0 Å². The fourth-order valence-electron chi connectivity index (χ4n) is 3.12. The van der Waals surface area contributed by atoms with E-state index in [0.717, 1.165) is 25.7 Å². The van der Waals surface area contributed by atoms with Crippen molar-refractivity contribution in [3.8, 4) is 0 Å². The third-order valence-electron chi connectivity index (χ3n) is 5.01. The predicted molar refractivity (Wildman–Crippen MR) is 96.2 cm³/mol. The normalized spacial score (nSPS) is 13.7. The van der Waals surface area contributed by atoms with E-state index in [1.165, 1.54) is 44.1 Å². The number of hydrogen-bond donors (Lipinski definition) is 1. The molecule has 0 amide bonds. The summed E-state index contributed by atoms with van der Waals surface area (Å²) in [6.07, 6.45) is 11.7. The summed E-state index contributed by atoms with van der Waals surface area (Å²) in [6.45, 7) is 10.7. The van der Waals surface area contributed by atoms with Gasteiger partial charge in [-0.15, -0.1) is 0 Å². The molecule has 0 aromatic carbocycles. The molecule has 0 spiro atoms. The Morgan fingerprint density at radius 1 is 0.864 bits per heavy atom. The van der Waals surface area contributed by atoms with E-state index in [9.17, 15) is 9.90 Å². The molecular formula is C20H38O2. The Kier molecular flexibility index (Phi) is 12.3. The summed E-state index contributed by atoms with van der Waals surface area (Å²) in [6, 6.07) is 0. The number of carboxylic acid groups (broad SMARTS) is 1. The highest BCUT2D eigenvalue weighted by atomic mass is 16.4. The maximum Gasteiger partial charge on any atom is 0.331 e. The second-order valence-corrected chi connectivity index (χ2v) is 6.77. The maximum absolute atomic E-state index is 11.5. The van der Waals surface area contributed by atoms with Gasteiger partial charge >= 0.3 is 5.97 Å². The molecular weight excluding hydrogens is 272 g/mol. The molecule has 0 saturated carbocycles. The molecule has 130 valence electrons. The zero-order valence-corrected chi connectivity index (χ0v) is 15.6. The molecule has 0 aromatic heterocycles. The van der Waals surface area contributed by atoms with Gasteiger partial charge in [0.2, 0.25) is 0 Å². The average Bonchev–Trinajstić information content (AvgIpc) is 2.52. The summed E-state index contributed by atoms with van der Waals surface area (Å²) in [7, 11) is 0. The Hall–Kier alpha value is -0.790. The van der Waals surface area contributed by atoms with Crippen molar-refractivity contribution < 1.29 is 9.90 Å². The first-order chi connectivity index (χ1) is 10.5. The summed E-state index contributed by atoms with van der Waals surface area (Å²) >= 11 is 0. The largest absolute Gasteiger partial charge is 0.478 e. The number of unbranched alkanes of at least 4 members (excludes halogenated alkanes) is 2. The molecule has 0 bridgehead atoms. The van der Waals surface area contributed by atoms with Crippen LogP contribution in [0.4, 0.5) is 0 Å². The third kappa shape index (κ3) is 8.60. The van der Waals surface area contributed by atoms with Crippen molar-refractivity contribution in [2.45, 2.75) is 98.8 Å². The van der Waals surface area contributed by atoms with Crippen LogP contribution in [-0.4, -0.2) is 11.1 Å². The molecule has 0 aliphatic heterocycles. The second-order valence-electron chi connectivity index (χ2n) is 6.77. The molecule has 1 N–H and O–H groups in total. The van der Waals surface area contributed by atoms with E-state index >= 15 is 0 Å². The summed E-state index contributed by atoms with van der Waals surface area (Å²) in [5.74, 6) is 0.562. The summed E-state index contributed by atoms with van der Waals surface area (Å²) < 4.78 is 0. The van der Waals surface area contributed by atoms with Crippen LogP contribution in [0, 0.1) is 11.8 Å². The molecule has 2 heteroatoms. The van der Waals surface area contributed by atoms with Crippen molar-refractivity contribution in [2.24, 2.45) is 11.8 Å². The number of allylic oxidation sites excluding steroid dienone is 1. The molecule has 0 aliphatic rings. The quantitative estimate of drug-likeness (QED) is 0.389. The first kappa shape index (κ1) is 21.2. The van der Waals surface area contributed by atoms with E-state index < -0.39 is 5.97 Å². The summed E-state index contributed by atoms with van der Waals surface area (Å²) in [5.41, 5.74) is 1.81. The van der Waals surface area contributed by atoms with Crippen molar-refractivity contribution in [1.29, 1.82) is 0 Å². The number of hydrogen-bond acceptors (Lipinski definition) is 1. The van der Waals surface area contributed by atoms with Gasteiger partial charge in [-0.2, -0.15) is 0 Å². The Morgan fingerprint density at radius 2 is 1.27 bits per heavy atom. The molecule has 2 unspecified atom stereocenters. The maximum atomic E-state index is 11.5. The van der Waals surface area contributed by atoms with E-state index in [2.05, 4.69) is 27.7 Å². The number of carbonyl (C=O) groups is 1. The van der Waals surface area contributed by atoms with Gasteiger partial charge in [0, 0.05) is 5.57 Å². The fourth-order valence-corrected chi connectivity index (χ4v) is 3.12. The van der Waals surface area contributed by atoms with Gasteiger partial charge in [-0.05, 0) is 31.6 Å². The molecule has 0 aromatic rings. The van der Waals surface area contributed by atoms with Gasteiger partial charge in [-0.1, -0.05) is 84.6 Å². The van der Waals surface area contributed by atoms with E-state index in [-0.39, 0.29) is 0 Å². The number of aliphatic carboxylic acids is 1. The van der Waals surface area contributed by atoms with Gasteiger partial charge in [0.25, 0.3) is 0 Å². The van der Waals surface area contributed by atoms with Crippen LogP contribution in [0.25, 0.3) is 0 Å². The van der Waals surface area contributed by atoms with Crippen molar-refractivity contribution in [3.63, 3.8) is 0 Å². The standard InChI is InChI=1S/C20H38O2/c1-6-10-12-17(8-3)14-19(16(5)20(21)22)15-18(9-4)13-11-7-2/h17-18H,6-15H2,1-5H3,(H,21,22). The Labute approximate surface area is 138 Å². The van der Waals surface area contributed by atoms with Crippen molar-refractivity contribution in [2.75, 3.05) is 0 Å². The van der Waals surface area contributed by atoms with Crippen LogP contribution in [0.5, 0.6) is 0 Å². The van der Waals surface area contributed by atoms with Crippen LogP contribution in [0.3, 0.4) is 0 Å². The minimum absolute atomic E-state index is 0.602. The van der Waals surface area contributed by atoms with E-state index in [0.29, 0.717) is 17.4 Å². The third-order valence-corrected chi connectivity index (χ3v) is 5.01. The second kappa shape index (κ2) is 12.7. The SMILES string of the molecule is CCCCC(CC)CC(CC(CC)CCCC)=C(C)C(=O)O. The number of rotatable bonds is 13. The molecule has 0 radical (unpaired) electrons. The van der Waals surface area contributed by atoms with Gasteiger partial charge < -0.3 is 5.11 Å². The van der Waals surface area contributed by atoms with E-state index in [4.69, 9.17) is 0 Å². The van der Waals surface area contributed by atoms with Crippen LogP contribution in [0.15, 0.2) is 11.1 Å². The lowest BCUT2D eigenvalue weighted by Crippen LogP contribution is -2.11. The monoisotopic (exact) mass is 310 g/mol. The van der Waals surface area contributed by atoms with Crippen LogP contribution < -0.4 is 0 Å². The number of carboxylic acids is 1. The minimum Gasteiger partial charge on any atom is -0.478 e. The Balaban J connectivity index is 4.97. The molecule has 0 fully saturated rings. The van der Waals surface area contributed by atoms with Crippen LogP contribution in [-0.2, 0) is 4.79 Å². The van der Waals surface area contributed by atoms with Crippen molar-refractivity contribution >= 4 is 5.97 Å². The Bertz CT molecular complexity index is 311. The summed E-state index contributed by atoms with van der Waals surface area (Å²) in [5, 5.41) is 9.42. The van der Waals surface area contributed by atoms with Gasteiger partial charge in [-0.25, -0.2) is 4.79 Å². The molecule has 0 rings (SSSR count). The minimum atomic E-state index is -0.731. The summed E-state index contributed by atoms with van der Waals surface area (Å²) in [4.78, 5) is 11.5. The molecule has 0 aliphatic carbocycles. The lowest BCUT2D eigenvalue weighted by atomic mass is 9.83.